The topological polar surface area (TPSA) is 61.8 Å². The molecule has 0 radical (unpaired) electrons. The Morgan fingerprint density at radius 1 is 1.43 bits per heavy atom. The quantitative estimate of drug-likeness (QED) is 0.225. The van der Waals surface area contributed by atoms with Crippen LogP contribution in [0.1, 0.15) is 39.5 Å². The Balaban J connectivity index is 0.00000280. The van der Waals surface area contributed by atoms with E-state index in [1.165, 1.54) is 12.8 Å². The molecule has 1 aliphatic heterocycles. The van der Waals surface area contributed by atoms with Gasteiger partial charge in [0.05, 0.1) is 5.02 Å². The third-order valence-electron chi connectivity index (χ3n) is 5.42. The molecule has 1 aliphatic carbocycles. The minimum Gasteiger partial charge on any atom is -0.382 e. The Bertz CT molecular complexity index is 641. The van der Waals surface area contributed by atoms with Crippen LogP contribution in [0.15, 0.2) is 23.3 Å². The molecule has 1 saturated carbocycles. The van der Waals surface area contributed by atoms with E-state index < -0.39 is 0 Å². The van der Waals surface area contributed by atoms with Crippen LogP contribution in [0.2, 0.25) is 5.02 Å². The van der Waals surface area contributed by atoms with Crippen LogP contribution in [0, 0.1) is 5.41 Å². The number of guanidine groups is 1. The zero-order chi connectivity index (χ0) is 19.1. The van der Waals surface area contributed by atoms with Crippen LogP contribution in [-0.2, 0) is 4.74 Å². The van der Waals surface area contributed by atoms with Gasteiger partial charge in [-0.25, -0.2) is 4.98 Å². The van der Waals surface area contributed by atoms with Gasteiger partial charge in [-0.2, -0.15) is 0 Å². The van der Waals surface area contributed by atoms with Crippen molar-refractivity contribution in [2.45, 2.75) is 45.6 Å². The van der Waals surface area contributed by atoms with Gasteiger partial charge >= 0.3 is 0 Å². The molecule has 1 saturated heterocycles. The smallest absolute Gasteiger partial charge is 0.191 e. The molecule has 158 valence electrons. The molecule has 0 bridgehead atoms. The van der Waals surface area contributed by atoms with Crippen LogP contribution in [0.25, 0.3) is 0 Å². The van der Waals surface area contributed by atoms with Crippen molar-refractivity contribution in [2.24, 2.45) is 10.4 Å². The van der Waals surface area contributed by atoms with E-state index in [0.717, 1.165) is 64.0 Å². The molecule has 2 heterocycles. The van der Waals surface area contributed by atoms with Gasteiger partial charge in [0.15, 0.2) is 5.96 Å². The van der Waals surface area contributed by atoms with Crippen molar-refractivity contribution in [3.63, 3.8) is 0 Å². The second-order valence-corrected chi connectivity index (χ2v) is 7.93. The minimum atomic E-state index is 0. The summed E-state index contributed by atoms with van der Waals surface area (Å²) >= 11 is 6.30. The molecule has 0 spiro atoms. The van der Waals surface area contributed by atoms with Gasteiger partial charge in [0.2, 0.25) is 0 Å². The Morgan fingerprint density at radius 2 is 2.25 bits per heavy atom. The average molecular weight is 522 g/mol. The number of aliphatic imine (C=N–C) groups is 1. The number of anilines is 1. The fourth-order valence-corrected chi connectivity index (χ4v) is 3.78. The highest BCUT2D eigenvalue weighted by Crippen LogP contribution is 2.49. The summed E-state index contributed by atoms with van der Waals surface area (Å²) in [6.45, 7) is 9.36. The van der Waals surface area contributed by atoms with Crippen LogP contribution in [0.3, 0.4) is 0 Å². The summed E-state index contributed by atoms with van der Waals surface area (Å²) in [7, 11) is 0. The predicted molar refractivity (Wildman–Crippen MR) is 127 cm³/mol. The van der Waals surface area contributed by atoms with Crippen molar-refractivity contribution in [1.82, 2.24) is 15.6 Å². The maximum absolute atomic E-state index is 6.30. The van der Waals surface area contributed by atoms with E-state index in [0.29, 0.717) is 16.5 Å². The van der Waals surface area contributed by atoms with E-state index in [4.69, 9.17) is 21.3 Å². The van der Waals surface area contributed by atoms with Gasteiger partial charge < -0.3 is 20.3 Å². The maximum Gasteiger partial charge on any atom is 0.191 e. The molecule has 3 rings (SSSR count). The molecular weight excluding hydrogens is 489 g/mol. The van der Waals surface area contributed by atoms with Gasteiger partial charge in [0, 0.05) is 51.6 Å². The number of nitrogens with one attached hydrogen (secondary N) is 2. The Hall–Kier alpha value is -0.800. The summed E-state index contributed by atoms with van der Waals surface area (Å²) in [4.78, 5) is 11.6. The highest BCUT2D eigenvalue weighted by atomic mass is 127. The normalized spacial score (nSPS) is 20.6. The molecule has 1 aromatic heterocycles. The third kappa shape index (κ3) is 6.62. The molecule has 2 fully saturated rings. The molecule has 2 N–H and O–H groups in total. The largest absolute Gasteiger partial charge is 0.382 e. The van der Waals surface area contributed by atoms with Crippen LogP contribution in [0.4, 0.5) is 5.82 Å². The highest BCUT2D eigenvalue weighted by Gasteiger charge is 2.42. The molecule has 1 unspecified atom stereocenters. The van der Waals surface area contributed by atoms with Crippen LogP contribution in [-0.4, -0.2) is 56.4 Å². The molecule has 28 heavy (non-hydrogen) atoms. The number of nitrogens with zero attached hydrogens (tertiary/aromatic N) is 3. The van der Waals surface area contributed by atoms with E-state index in [1.807, 2.05) is 19.1 Å². The van der Waals surface area contributed by atoms with E-state index >= 15 is 0 Å². The lowest BCUT2D eigenvalue weighted by molar-refractivity contribution is 0.129. The molecule has 0 amide bonds. The standard InChI is InChI=1S/C20H32ClN5O.HI/c1-3-22-19(24-15-20(8-9-20)10-13-27-4-2)25-16-7-12-26(14-16)18-17(21)6-5-11-23-18;/h5-6,11,16H,3-4,7-10,12-15H2,1-2H3,(H2,22,24,25);1H. The number of pyridine rings is 1. The van der Waals surface area contributed by atoms with Gasteiger partial charge in [-0.05, 0) is 57.1 Å². The Kier molecular flexibility index (Phi) is 9.56. The predicted octanol–water partition coefficient (Wildman–Crippen LogP) is 3.69. The SMILES string of the molecule is CCNC(=NCC1(CCOCC)CC1)NC1CCN(c2ncccc2Cl)C1.I. The molecule has 2 aliphatic rings. The number of hydrogen-bond donors (Lipinski definition) is 2. The molecule has 1 atom stereocenters. The summed E-state index contributed by atoms with van der Waals surface area (Å²) in [6.07, 6.45) is 6.48. The third-order valence-corrected chi connectivity index (χ3v) is 5.72. The first kappa shape index (κ1) is 23.5. The fraction of sp³-hybridized carbons (Fsp3) is 0.700. The van der Waals surface area contributed by atoms with E-state index in [1.54, 1.807) is 6.20 Å². The first-order valence-corrected chi connectivity index (χ1v) is 10.5. The fourth-order valence-electron chi connectivity index (χ4n) is 3.54. The van der Waals surface area contributed by atoms with Crippen LogP contribution >= 0.6 is 35.6 Å². The van der Waals surface area contributed by atoms with Crippen LogP contribution in [0.5, 0.6) is 0 Å². The number of rotatable bonds is 9. The van der Waals surface area contributed by atoms with Crippen molar-refractivity contribution in [2.75, 3.05) is 44.3 Å². The number of ether oxygens (including phenoxy) is 1. The summed E-state index contributed by atoms with van der Waals surface area (Å²) in [6, 6.07) is 4.11. The summed E-state index contributed by atoms with van der Waals surface area (Å²) in [5.74, 6) is 1.79. The van der Waals surface area contributed by atoms with Gasteiger partial charge in [0.1, 0.15) is 5.82 Å². The summed E-state index contributed by atoms with van der Waals surface area (Å²) < 4.78 is 5.53. The molecule has 6 nitrogen and oxygen atoms in total. The molecule has 8 heteroatoms. The lowest BCUT2D eigenvalue weighted by Crippen LogP contribution is -2.45. The number of aromatic nitrogens is 1. The van der Waals surface area contributed by atoms with Crippen molar-refractivity contribution >= 4 is 47.4 Å². The van der Waals surface area contributed by atoms with Gasteiger partial charge in [-0.15, -0.1) is 24.0 Å². The zero-order valence-electron chi connectivity index (χ0n) is 16.9. The van der Waals surface area contributed by atoms with E-state index in [2.05, 4.69) is 27.4 Å². The monoisotopic (exact) mass is 521 g/mol. The summed E-state index contributed by atoms with van der Waals surface area (Å²) in [5.41, 5.74) is 0.362. The highest BCUT2D eigenvalue weighted by molar-refractivity contribution is 14.0. The molecule has 1 aromatic rings. The van der Waals surface area contributed by atoms with E-state index in [-0.39, 0.29) is 24.0 Å². The second-order valence-electron chi connectivity index (χ2n) is 7.53. The minimum absolute atomic E-state index is 0. The molecule has 0 aromatic carbocycles. The average Bonchev–Trinajstić information content (AvgIpc) is 3.29. The molecular formula is C20H33ClIN5O. The lowest BCUT2D eigenvalue weighted by Gasteiger charge is -2.21. The van der Waals surface area contributed by atoms with Gasteiger partial charge in [-0.1, -0.05) is 11.6 Å². The van der Waals surface area contributed by atoms with Crippen LogP contribution < -0.4 is 15.5 Å². The Morgan fingerprint density at radius 3 is 2.93 bits per heavy atom. The lowest BCUT2D eigenvalue weighted by atomic mass is 10.0. The van der Waals surface area contributed by atoms with E-state index in [9.17, 15) is 0 Å². The number of hydrogen-bond acceptors (Lipinski definition) is 4. The Labute approximate surface area is 190 Å². The first-order chi connectivity index (χ1) is 13.2. The first-order valence-electron chi connectivity index (χ1n) is 10.1. The van der Waals surface area contributed by atoms with Gasteiger partial charge in [0.25, 0.3) is 0 Å². The maximum atomic E-state index is 6.30. The van der Waals surface area contributed by atoms with Gasteiger partial charge in [-0.3, -0.25) is 4.99 Å². The second kappa shape index (κ2) is 11.4. The van der Waals surface area contributed by atoms with Crippen molar-refractivity contribution in [1.29, 1.82) is 0 Å². The van der Waals surface area contributed by atoms with Crippen molar-refractivity contribution in [3.05, 3.63) is 23.4 Å². The zero-order valence-corrected chi connectivity index (χ0v) is 20.0. The number of halogens is 2. The van der Waals surface area contributed by atoms with Crippen molar-refractivity contribution < 1.29 is 4.74 Å². The summed E-state index contributed by atoms with van der Waals surface area (Å²) in [5, 5.41) is 7.70. The van der Waals surface area contributed by atoms with Crippen molar-refractivity contribution in [3.8, 4) is 0 Å².